The number of phenols is 1. The van der Waals surface area contributed by atoms with Crippen LogP contribution < -0.4 is 5.56 Å². The van der Waals surface area contributed by atoms with Crippen molar-refractivity contribution in [1.82, 2.24) is 9.55 Å². The number of hydrogen-bond acceptors (Lipinski definition) is 7. The molecule has 0 fully saturated rings. The first-order chi connectivity index (χ1) is 16.9. The lowest BCUT2D eigenvalue weighted by molar-refractivity contribution is -0.173. The Hall–Kier alpha value is -4.46. The number of aromatic hydroxyl groups is 1. The molecule has 4 heterocycles. The van der Waals surface area contributed by atoms with E-state index in [-0.39, 0.29) is 35.5 Å². The topological polar surface area (TPSA) is 108 Å². The highest BCUT2D eigenvalue weighted by molar-refractivity contribution is 5.94. The molecule has 2 aromatic heterocycles. The van der Waals surface area contributed by atoms with Crippen molar-refractivity contribution in [2.24, 2.45) is 0 Å². The van der Waals surface area contributed by atoms with Crippen molar-refractivity contribution in [3.8, 4) is 17.1 Å². The molecule has 0 spiro atoms. The molecule has 0 saturated carbocycles. The van der Waals surface area contributed by atoms with E-state index >= 15 is 0 Å². The molecule has 6 rings (SSSR count). The van der Waals surface area contributed by atoms with Gasteiger partial charge in [0.15, 0.2) is 0 Å². The summed E-state index contributed by atoms with van der Waals surface area (Å²) in [4.78, 5) is 44.4. The van der Waals surface area contributed by atoms with Crippen molar-refractivity contribution in [1.29, 1.82) is 0 Å². The predicted octanol–water partition coefficient (Wildman–Crippen LogP) is 3.65. The summed E-state index contributed by atoms with van der Waals surface area (Å²) >= 11 is 0. The molecule has 174 valence electrons. The number of esters is 2. The number of rotatable bonds is 3. The summed E-state index contributed by atoms with van der Waals surface area (Å²) in [5.74, 6) is -1.49. The van der Waals surface area contributed by atoms with Gasteiger partial charge >= 0.3 is 11.9 Å². The average Bonchev–Trinajstić information content (AvgIpc) is 3.22. The molecule has 0 bridgehead atoms. The standard InChI is InChI=1S/C27H20N2O6/c1-2-27(35-25(32)15-7-9-18(30)10-8-15)20-12-22-23-17(11-16-5-3-4-6-21(16)28-23)13-29(22)24(31)19(20)14-34-26(27)33/h3-12,30H,2,13-14H2,1H3/t27-/m0/s1. The van der Waals surface area contributed by atoms with Gasteiger partial charge in [0.1, 0.15) is 12.4 Å². The van der Waals surface area contributed by atoms with E-state index in [0.717, 1.165) is 16.5 Å². The third-order valence-corrected chi connectivity index (χ3v) is 6.75. The molecule has 0 unspecified atom stereocenters. The van der Waals surface area contributed by atoms with Crippen LogP contribution in [0, 0.1) is 0 Å². The normalized spacial score (nSPS) is 17.9. The van der Waals surface area contributed by atoms with E-state index < -0.39 is 17.5 Å². The highest BCUT2D eigenvalue weighted by Crippen LogP contribution is 2.41. The summed E-state index contributed by atoms with van der Waals surface area (Å²) in [5, 5.41) is 10.5. The van der Waals surface area contributed by atoms with Gasteiger partial charge in [-0.1, -0.05) is 25.1 Å². The van der Waals surface area contributed by atoms with Gasteiger partial charge in [-0.2, -0.15) is 0 Å². The van der Waals surface area contributed by atoms with Crippen molar-refractivity contribution in [3.63, 3.8) is 0 Å². The zero-order valence-corrected chi connectivity index (χ0v) is 18.8. The van der Waals surface area contributed by atoms with Gasteiger partial charge in [-0.15, -0.1) is 0 Å². The van der Waals surface area contributed by atoms with Crippen LogP contribution in [0.1, 0.15) is 40.4 Å². The number of cyclic esters (lactones) is 1. The lowest BCUT2D eigenvalue weighted by Crippen LogP contribution is -2.47. The molecule has 2 aliphatic rings. The van der Waals surface area contributed by atoms with Crippen LogP contribution >= 0.6 is 0 Å². The number of nitrogens with zero attached hydrogens (tertiary/aromatic N) is 2. The fourth-order valence-electron chi connectivity index (χ4n) is 4.90. The van der Waals surface area contributed by atoms with Gasteiger partial charge in [-0.3, -0.25) is 4.79 Å². The number of ether oxygens (including phenoxy) is 2. The lowest BCUT2D eigenvalue weighted by Gasteiger charge is -2.35. The van der Waals surface area contributed by atoms with Gasteiger partial charge < -0.3 is 19.1 Å². The van der Waals surface area contributed by atoms with E-state index in [1.54, 1.807) is 17.6 Å². The number of carbonyl (C=O) groups excluding carboxylic acids is 2. The van der Waals surface area contributed by atoms with Crippen molar-refractivity contribution < 1.29 is 24.2 Å². The van der Waals surface area contributed by atoms with E-state index in [0.29, 0.717) is 23.5 Å². The average molecular weight is 468 g/mol. The lowest BCUT2D eigenvalue weighted by atomic mass is 9.85. The second-order valence-corrected chi connectivity index (χ2v) is 8.70. The second kappa shape index (κ2) is 7.53. The van der Waals surface area contributed by atoms with Crippen molar-refractivity contribution >= 4 is 22.8 Å². The number of phenolic OH excluding ortho intramolecular Hbond substituents is 1. The smallest absolute Gasteiger partial charge is 0.355 e. The summed E-state index contributed by atoms with van der Waals surface area (Å²) < 4.78 is 12.8. The summed E-state index contributed by atoms with van der Waals surface area (Å²) in [6.07, 6.45) is 0.0730. The van der Waals surface area contributed by atoms with Gasteiger partial charge in [0.05, 0.1) is 34.6 Å². The number of pyridine rings is 2. The SMILES string of the molecule is CC[C@@]1(OC(=O)c2ccc(O)cc2)C(=O)OCc2c1cc1n(c2=O)Cc2cc3ccccc3nc2-1. The van der Waals surface area contributed by atoms with Crippen LogP contribution in [0.25, 0.3) is 22.3 Å². The predicted molar refractivity (Wildman–Crippen MR) is 126 cm³/mol. The van der Waals surface area contributed by atoms with Crippen LogP contribution in [-0.4, -0.2) is 26.6 Å². The summed E-state index contributed by atoms with van der Waals surface area (Å²) in [6.45, 7) is 1.86. The first-order valence-electron chi connectivity index (χ1n) is 11.3. The third-order valence-electron chi connectivity index (χ3n) is 6.75. The van der Waals surface area contributed by atoms with Crippen LogP contribution in [0.5, 0.6) is 5.75 Å². The molecule has 0 saturated heterocycles. The molecule has 2 aliphatic heterocycles. The molecule has 0 radical (unpaired) electrons. The summed E-state index contributed by atoms with van der Waals surface area (Å²) in [7, 11) is 0. The Morgan fingerprint density at radius 3 is 2.69 bits per heavy atom. The summed E-state index contributed by atoms with van der Waals surface area (Å²) in [6, 6.07) is 17.0. The van der Waals surface area contributed by atoms with E-state index in [9.17, 15) is 19.5 Å². The highest BCUT2D eigenvalue weighted by Gasteiger charge is 2.50. The van der Waals surface area contributed by atoms with Crippen LogP contribution in [0.15, 0.2) is 65.5 Å². The van der Waals surface area contributed by atoms with Gasteiger partial charge in [-0.25, -0.2) is 14.6 Å². The van der Waals surface area contributed by atoms with Crippen molar-refractivity contribution in [2.75, 3.05) is 0 Å². The minimum atomic E-state index is -1.78. The maximum Gasteiger partial charge on any atom is 0.355 e. The van der Waals surface area contributed by atoms with Crippen LogP contribution in [0.4, 0.5) is 0 Å². The number of fused-ring (bicyclic) bond motifs is 5. The number of aromatic nitrogens is 2. The van der Waals surface area contributed by atoms with E-state index in [1.165, 1.54) is 24.3 Å². The molecule has 1 N–H and O–H groups in total. The van der Waals surface area contributed by atoms with E-state index in [4.69, 9.17) is 14.5 Å². The molecule has 4 aromatic rings. The molecule has 0 aliphatic carbocycles. The Morgan fingerprint density at radius 2 is 1.91 bits per heavy atom. The monoisotopic (exact) mass is 468 g/mol. The Bertz CT molecular complexity index is 1610. The molecule has 35 heavy (non-hydrogen) atoms. The minimum absolute atomic E-state index is 0.00329. The van der Waals surface area contributed by atoms with Crippen LogP contribution in [0.3, 0.4) is 0 Å². The maximum absolute atomic E-state index is 13.5. The Labute approximate surface area is 199 Å². The van der Waals surface area contributed by atoms with E-state index in [1.807, 2.05) is 30.3 Å². The second-order valence-electron chi connectivity index (χ2n) is 8.70. The maximum atomic E-state index is 13.5. The number of para-hydroxylation sites is 1. The number of hydrogen-bond donors (Lipinski definition) is 1. The Morgan fingerprint density at radius 1 is 1.14 bits per heavy atom. The number of benzene rings is 2. The molecular weight excluding hydrogens is 448 g/mol. The number of carbonyl (C=O) groups is 2. The third kappa shape index (κ3) is 3.06. The fourth-order valence-corrected chi connectivity index (χ4v) is 4.90. The molecule has 8 heteroatoms. The van der Waals surface area contributed by atoms with Gasteiger partial charge in [0.25, 0.3) is 5.56 Å². The molecule has 2 aromatic carbocycles. The fraction of sp³-hybridized carbons (Fsp3) is 0.185. The summed E-state index contributed by atoms with van der Waals surface area (Å²) in [5.41, 5.74) is 1.62. The largest absolute Gasteiger partial charge is 0.508 e. The van der Waals surface area contributed by atoms with Gasteiger partial charge in [-0.05, 0) is 48.9 Å². The molecular formula is C27H20N2O6. The Kier molecular flexibility index (Phi) is 4.54. The molecule has 8 nitrogen and oxygen atoms in total. The zero-order valence-electron chi connectivity index (χ0n) is 18.8. The Balaban J connectivity index is 1.52. The molecule has 1 atom stereocenters. The van der Waals surface area contributed by atoms with Gasteiger partial charge in [0, 0.05) is 16.5 Å². The van der Waals surface area contributed by atoms with Crippen LogP contribution in [-0.2, 0) is 33.0 Å². The first kappa shape index (κ1) is 21.1. The zero-order chi connectivity index (χ0) is 24.3. The van der Waals surface area contributed by atoms with Crippen molar-refractivity contribution in [2.45, 2.75) is 32.1 Å². The minimum Gasteiger partial charge on any atom is -0.508 e. The van der Waals surface area contributed by atoms with Gasteiger partial charge in [0.2, 0.25) is 5.60 Å². The van der Waals surface area contributed by atoms with Crippen LogP contribution in [0.2, 0.25) is 0 Å². The van der Waals surface area contributed by atoms with E-state index in [2.05, 4.69) is 0 Å². The van der Waals surface area contributed by atoms with Crippen molar-refractivity contribution in [3.05, 3.63) is 93.3 Å². The quantitative estimate of drug-likeness (QED) is 0.403. The molecule has 0 amide bonds. The highest BCUT2D eigenvalue weighted by atomic mass is 16.6. The first-order valence-corrected chi connectivity index (χ1v) is 11.3.